The first-order valence-corrected chi connectivity index (χ1v) is 9.91. The molecule has 0 unspecified atom stereocenters. The van der Waals surface area contributed by atoms with Gasteiger partial charge in [-0.15, -0.1) is 12.4 Å². The summed E-state index contributed by atoms with van der Waals surface area (Å²) in [6, 6.07) is 16.1. The molecule has 2 aliphatic rings. The second kappa shape index (κ2) is 9.09. The summed E-state index contributed by atoms with van der Waals surface area (Å²) in [7, 11) is 0. The van der Waals surface area contributed by atoms with Gasteiger partial charge < -0.3 is 4.90 Å². The highest BCUT2D eigenvalue weighted by Gasteiger charge is 2.26. The van der Waals surface area contributed by atoms with E-state index in [-0.39, 0.29) is 18.3 Å². The number of hydrogen-bond acceptors (Lipinski definition) is 2. The molecule has 1 saturated heterocycles. The molecule has 0 aliphatic carbocycles. The molecule has 2 heterocycles. The van der Waals surface area contributed by atoms with E-state index < -0.39 is 0 Å². The van der Waals surface area contributed by atoms with E-state index in [1.807, 2.05) is 17.0 Å². The minimum Gasteiger partial charge on any atom is -0.339 e. The molecule has 2 aromatic rings. The van der Waals surface area contributed by atoms with Gasteiger partial charge in [-0.3, -0.25) is 9.69 Å². The lowest BCUT2D eigenvalue weighted by atomic mass is 9.93. The van der Waals surface area contributed by atoms with E-state index in [0.717, 1.165) is 52.0 Å². The van der Waals surface area contributed by atoms with Crippen LogP contribution in [0.25, 0.3) is 0 Å². The summed E-state index contributed by atoms with van der Waals surface area (Å²) in [6.07, 6.45) is 3.33. The Morgan fingerprint density at radius 2 is 1.74 bits per heavy atom. The largest absolute Gasteiger partial charge is 0.339 e. The lowest BCUT2D eigenvalue weighted by Crippen LogP contribution is -2.42. The van der Waals surface area contributed by atoms with Crippen LogP contribution in [0.1, 0.15) is 34.3 Å². The van der Waals surface area contributed by atoms with Crippen molar-refractivity contribution in [1.82, 2.24) is 9.80 Å². The highest BCUT2D eigenvalue weighted by atomic mass is 35.5. The molecule has 0 N–H and O–H groups in total. The molecule has 0 saturated carbocycles. The first-order valence-electron chi connectivity index (χ1n) is 9.53. The smallest absolute Gasteiger partial charge is 0.253 e. The van der Waals surface area contributed by atoms with Crippen LogP contribution in [-0.2, 0) is 13.0 Å². The van der Waals surface area contributed by atoms with E-state index in [1.54, 1.807) is 12.1 Å². The maximum absolute atomic E-state index is 12.6. The van der Waals surface area contributed by atoms with Crippen LogP contribution in [0.15, 0.2) is 48.5 Å². The van der Waals surface area contributed by atoms with E-state index >= 15 is 0 Å². The summed E-state index contributed by atoms with van der Waals surface area (Å²) in [5.41, 5.74) is 3.68. The maximum Gasteiger partial charge on any atom is 0.253 e. The first-order chi connectivity index (χ1) is 12.7. The van der Waals surface area contributed by atoms with Gasteiger partial charge in [-0.2, -0.15) is 0 Å². The number of nitrogens with zero attached hydrogens (tertiary/aromatic N) is 2. The molecule has 5 heteroatoms. The van der Waals surface area contributed by atoms with Gasteiger partial charge in [0.2, 0.25) is 0 Å². The number of carbonyl (C=O) groups excluding carboxylic acids is 1. The lowest BCUT2D eigenvalue weighted by Gasteiger charge is -2.36. The molecule has 27 heavy (non-hydrogen) atoms. The van der Waals surface area contributed by atoms with Gasteiger partial charge in [0, 0.05) is 43.3 Å². The van der Waals surface area contributed by atoms with E-state index in [2.05, 4.69) is 29.2 Å². The maximum atomic E-state index is 12.6. The van der Waals surface area contributed by atoms with Crippen molar-refractivity contribution in [1.29, 1.82) is 0 Å². The highest BCUT2D eigenvalue weighted by molar-refractivity contribution is 6.30. The van der Waals surface area contributed by atoms with Crippen molar-refractivity contribution >= 4 is 29.9 Å². The van der Waals surface area contributed by atoms with Crippen LogP contribution < -0.4 is 0 Å². The van der Waals surface area contributed by atoms with Crippen LogP contribution in [0.3, 0.4) is 0 Å². The third-order valence-corrected chi connectivity index (χ3v) is 5.93. The third-order valence-electron chi connectivity index (χ3n) is 5.70. The summed E-state index contributed by atoms with van der Waals surface area (Å²) in [5.74, 6) is 0.793. The Hall–Kier alpha value is -1.55. The molecular formula is C22H26Cl2N2O. The van der Waals surface area contributed by atoms with E-state index in [1.165, 1.54) is 11.1 Å². The SMILES string of the molecule is Cl.O=C(c1cccc(Cl)c1)N1CCC(CN2CCc3ccccc3C2)CC1. The van der Waals surface area contributed by atoms with E-state index in [9.17, 15) is 4.79 Å². The summed E-state index contributed by atoms with van der Waals surface area (Å²) in [4.78, 5) is 17.2. The molecule has 0 spiro atoms. The molecule has 2 aliphatic heterocycles. The van der Waals surface area contributed by atoms with Crippen molar-refractivity contribution in [2.75, 3.05) is 26.2 Å². The van der Waals surface area contributed by atoms with Crippen LogP contribution >= 0.6 is 24.0 Å². The number of amides is 1. The Balaban J connectivity index is 0.00000210. The average molecular weight is 405 g/mol. The molecule has 144 valence electrons. The molecule has 0 aromatic heterocycles. The van der Waals surface area contributed by atoms with Crippen molar-refractivity contribution in [3.8, 4) is 0 Å². The second-order valence-corrected chi connectivity index (χ2v) is 7.94. The Bertz CT molecular complexity index is 787. The number of halogens is 2. The Kier molecular flexibility index (Phi) is 6.80. The summed E-state index contributed by atoms with van der Waals surface area (Å²) in [5, 5.41) is 0.621. The molecule has 4 rings (SSSR count). The van der Waals surface area contributed by atoms with Crippen LogP contribution in [-0.4, -0.2) is 41.9 Å². The van der Waals surface area contributed by atoms with Gasteiger partial charge in [0.15, 0.2) is 0 Å². The number of piperidine rings is 1. The van der Waals surface area contributed by atoms with Gasteiger partial charge in [0.25, 0.3) is 5.91 Å². The zero-order valence-corrected chi connectivity index (χ0v) is 17.0. The molecule has 1 fully saturated rings. The van der Waals surface area contributed by atoms with Crippen molar-refractivity contribution in [3.05, 3.63) is 70.2 Å². The zero-order valence-electron chi connectivity index (χ0n) is 15.4. The number of likely N-dealkylation sites (tertiary alicyclic amines) is 1. The number of rotatable bonds is 3. The van der Waals surface area contributed by atoms with Crippen molar-refractivity contribution in [3.63, 3.8) is 0 Å². The quantitative estimate of drug-likeness (QED) is 0.741. The molecule has 2 aromatic carbocycles. The number of hydrogen-bond donors (Lipinski definition) is 0. The minimum atomic E-state index is 0. The summed E-state index contributed by atoms with van der Waals surface area (Å²) < 4.78 is 0. The minimum absolute atomic E-state index is 0. The Labute approximate surface area is 172 Å². The van der Waals surface area contributed by atoms with Gasteiger partial charge in [0.1, 0.15) is 0 Å². The molecule has 3 nitrogen and oxygen atoms in total. The van der Waals surface area contributed by atoms with E-state index in [4.69, 9.17) is 11.6 Å². The predicted octanol–water partition coefficient (Wildman–Crippen LogP) is 4.67. The second-order valence-electron chi connectivity index (χ2n) is 7.50. The standard InChI is InChI=1S/C22H25ClN2O.ClH/c23-21-7-3-6-19(14-21)22(26)25-12-8-17(9-13-25)15-24-11-10-18-4-1-2-5-20(18)16-24;/h1-7,14,17H,8-13,15-16H2;1H. The molecule has 0 bridgehead atoms. The summed E-state index contributed by atoms with van der Waals surface area (Å²) >= 11 is 6.02. The van der Waals surface area contributed by atoms with Gasteiger partial charge in [-0.1, -0.05) is 41.9 Å². The Morgan fingerprint density at radius 1 is 1.00 bits per heavy atom. The number of fused-ring (bicyclic) bond motifs is 1. The van der Waals surface area contributed by atoms with Gasteiger partial charge in [0.05, 0.1) is 0 Å². The molecular weight excluding hydrogens is 379 g/mol. The van der Waals surface area contributed by atoms with Crippen molar-refractivity contribution in [2.24, 2.45) is 5.92 Å². The number of carbonyl (C=O) groups is 1. The average Bonchev–Trinajstić information content (AvgIpc) is 2.68. The first kappa shape index (κ1) is 20.2. The zero-order chi connectivity index (χ0) is 17.9. The topological polar surface area (TPSA) is 23.6 Å². The molecule has 1 amide bonds. The highest BCUT2D eigenvalue weighted by Crippen LogP contribution is 2.24. The Morgan fingerprint density at radius 3 is 2.48 bits per heavy atom. The van der Waals surface area contributed by atoms with Crippen molar-refractivity contribution < 1.29 is 4.79 Å². The van der Waals surface area contributed by atoms with Gasteiger partial charge in [-0.25, -0.2) is 0 Å². The van der Waals surface area contributed by atoms with Crippen LogP contribution in [0, 0.1) is 5.92 Å². The fourth-order valence-electron chi connectivity index (χ4n) is 4.20. The molecule has 0 radical (unpaired) electrons. The molecule has 0 atom stereocenters. The fourth-order valence-corrected chi connectivity index (χ4v) is 4.39. The normalized spacial score (nSPS) is 17.9. The van der Waals surface area contributed by atoms with Gasteiger partial charge in [-0.05, 0) is 54.5 Å². The van der Waals surface area contributed by atoms with Crippen molar-refractivity contribution in [2.45, 2.75) is 25.8 Å². The fraction of sp³-hybridized carbons (Fsp3) is 0.409. The summed E-state index contributed by atoms with van der Waals surface area (Å²) in [6.45, 7) is 5.06. The predicted molar refractivity (Wildman–Crippen MR) is 113 cm³/mol. The van der Waals surface area contributed by atoms with E-state index in [0.29, 0.717) is 16.5 Å². The lowest BCUT2D eigenvalue weighted by molar-refractivity contribution is 0.0663. The number of benzene rings is 2. The third kappa shape index (κ3) is 4.84. The monoisotopic (exact) mass is 404 g/mol. The van der Waals surface area contributed by atoms with Gasteiger partial charge >= 0.3 is 0 Å². The van der Waals surface area contributed by atoms with Crippen LogP contribution in [0.4, 0.5) is 0 Å². The van der Waals surface area contributed by atoms with Crippen LogP contribution in [0.2, 0.25) is 5.02 Å². The van der Waals surface area contributed by atoms with Crippen LogP contribution in [0.5, 0.6) is 0 Å².